The number of benzene rings is 2. The van der Waals surface area contributed by atoms with Gasteiger partial charge in [-0.1, -0.05) is 18.2 Å². The van der Waals surface area contributed by atoms with Gasteiger partial charge in [-0.3, -0.25) is 14.4 Å². The Labute approximate surface area is 139 Å². The lowest BCUT2D eigenvalue weighted by molar-refractivity contribution is 0.0364. The molecule has 0 radical (unpaired) electrons. The molecule has 0 spiro atoms. The molecule has 7 nitrogen and oxygen atoms in total. The first kappa shape index (κ1) is 17.6. The van der Waals surface area contributed by atoms with Crippen LogP contribution in [0.25, 0.3) is 0 Å². The van der Waals surface area contributed by atoms with Crippen molar-refractivity contribution in [1.82, 2.24) is 10.2 Å². The maximum Gasteiger partial charge on any atom is 0.274 e. The molecule has 0 aliphatic heterocycles. The highest BCUT2D eigenvalue weighted by molar-refractivity contribution is 7.90. The molecule has 2 N–H and O–H groups in total. The van der Waals surface area contributed by atoms with Gasteiger partial charge >= 0.3 is 0 Å². The zero-order chi connectivity index (χ0) is 17.6. The molecule has 126 valence electrons. The van der Waals surface area contributed by atoms with Gasteiger partial charge in [-0.05, 0) is 43.3 Å². The monoisotopic (exact) mass is 348 g/mol. The van der Waals surface area contributed by atoms with Gasteiger partial charge in [-0.25, -0.2) is 18.6 Å². The molecular weight excluding hydrogens is 332 g/mol. The van der Waals surface area contributed by atoms with Crippen molar-refractivity contribution in [2.24, 2.45) is 0 Å². The van der Waals surface area contributed by atoms with E-state index in [1.807, 2.05) is 4.72 Å². The lowest BCUT2D eigenvalue weighted by Crippen LogP contribution is -2.30. The highest BCUT2D eigenvalue weighted by Crippen LogP contribution is 2.11. The highest BCUT2D eigenvalue weighted by Gasteiger charge is 2.19. The van der Waals surface area contributed by atoms with Crippen molar-refractivity contribution >= 4 is 21.8 Å². The lowest BCUT2D eigenvalue weighted by Gasteiger charge is -2.08. The average molecular weight is 348 g/mol. The molecule has 0 aliphatic rings. The third kappa shape index (κ3) is 4.40. The number of rotatable bonds is 6. The van der Waals surface area contributed by atoms with Gasteiger partial charge in [0.15, 0.2) is 0 Å². The number of amides is 2. The van der Waals surface area contributed by atoms with Crippen molar-refractivity contribution < 1.29 is 22.8 Å². The van der Waals surface area contributed by atoms with Gasteiger partial charge in [0.05, 0.1) is 11.5 Å². The molecular formula is C16H16N2O5S. The number of hydrogen-bond acceptors (Lipinski definition) is 5. The maximum atomic E-state index is 12.2. The maximum absolute atomic E-state index is 12.2. The fourth-order valence-corrected chi connectivity index (χ4v) is 2.79. The summed E-state index contributed by atoms with van der Waals surface area (Å²) in [5.74, 6) is -1.22. The van der Waals surface area contributed by atoms with Gasteiger partial charge in [0, 0.05) is 11.1 Å². The van der Waals surface area contributed by atoms with Crippen LogP contribution in [-0.2, 0) is 14.9 Å². The molecule has 2 rings (SSSR count). The Bertz CT molecular complexity index is 817. The molecule has 0 saturated heterocycles. The molecule has 0 bridgehead atoms. The van der Waals surface area contributed by atoms with Crippen LogP contribution < -0.4 is 10.2 Å². The van der Waals surface area contributed by atoms with E-state index in [4.69, 9.17) is 4.84 Å². The van der Waals surface area contributed by atoms with Crippen LogP contribution in [0.2, 0.25) is 0 Å². The Morgan fingerprint density at radius 3 is 2.08 bits per heavy atom. The predicted octanol–water partition coefficient (Wildman–Crippen LogP) is 1.49. The Morgan fingerprint density at radius 2 is 1.50 bits per heavy atom. The Balaban J connectivity index is 2.12. The Morgan fingerprint density at radius 1 is 0.917 bits per heavy atom. The van der Waals surface area contributed by atoms with E-state index in [9.17, 15) is 18.0 Å². The van der Waals surface area contributed by atoms with E-state index in [2.05, 4.69) is 5.48 Å². The summed E-state index contributed by atoms with van der Waals surface area (Å²) < 4.78 is 26.4. The minimum atomic E-state index is -4.03. The van der Waals surface area contributed by atoms with Gasteiger partial charge in [0.25, 0.3) is 21.8 Å². The summed E-state index contributed by atoms with van der Waals surface area (Å²) in [7, 11) is -4.03. The summed E-state index contributed by atoms with van der Waals surface area (Å²) in [5, 5.41) is 0. The van der Waals surface area contributed by atoms with Crippen LogP contribution in [0.3, 0.4) is 0 Å². The number of carbonyl (C=O) groups is 2. The van der Waals surface area contributed by atoms with Crippen molar-refractivity contribution in [2.75, 3.05) is 6.61 Å². The number of hydroxylamine groups is 1. The third-order valence-corrected chi connectivity index (χ3v) is 4.35. The number of carbonyl (C=O) groups excluding carboxylic acids is 2. The third-order valence-electron chi connectivity index (χ3n) is 3.00. The minimum absolute atomic E-state index is 0.125. The summed E-state index contributed by atoms with van der Waals surface area (Å²) >= 11 is 0. The van der Waals surface area contributed by atoms with Crippen LogP contribution in [0.1, 0.15) is 27.6 Å². The first-order valence-corrected chi connectivity index (χ1v) is 8.56. The van der Waals surface area contributed by atoms with Crippen LogP contribution in [0.4, 0.5) is 0 Å². The van der Waals surface area contributed by atoms with Crippen LogP contribution in [0.5, 0.6) is 0 Å². The molecule has 0 unspecified atom stereocenters. The highest BCUT2D eigenvalue weighted by atomic mass is 32.2. The normalized spacial score (nSPS) is 10.9. The lowest BCUT2D eigenvalue weighted by atomic mass is 10.2. The standard InChI is InChI=1S/C16H16N2O5S/c1-2-23-17-15(19)13-8-10-14(11-9-13)24(21,22)18-16(20)12-6-4-3-5-7-12/h3-11H,2H2,1H3,(H,17,19)(H,18,20). The summed E-state index contributed by atoms with van der Waals surface area (Å²) in [6, 6.07) is 13.1. The van der Waals surface area contributed by atoms with Crippen molar-refractivity contribution in [3.63, 3.8) is 0 Å². The summed E-state index contributed by atoms with van der Waals surface area (Å²) in [5.41, 5.74) is 2.67. The second-order valence-corrected chi connectivity index (χ2v) is 6.37. The summed E-state index contributed by atoms with van der Waals surface area (Å²) in [6.45, 7) is 2.02. The summed E-state index contributed by atoms with van der Waals surface area (Å²) in [4.78, 5) is 28.3. The molecule has 0 aromatic heterocycles. The van der Waals surface area contributed by atoms with Crippen LogP contribution in [0.15, 0.2) is 59.5 Å². The SMILES string of the molecule is CCONC(=O)c1ccc(S(=O)(=O)NC(=O)c2ccccc2)cc1. The minimum Gasteiger partial charge on any atom is -0.274 e. The first-order valence-electron chi connectivity index (χ1n) is 7.08. The molecule has 8 heteroatoms. The Hall–Kier alpha value is -2.71. The van der Waals surface area contributed by atoms with Crippen molar-refractivity contribution in [3.8, 4) is 0 Å². The van der Waals surface area contributed by atoms with Crippen molar-refractivity contribution in [3.05, 3.63) is 65.7 Å². The first-order chi connectivity index (χ1) is 11.4. The van der Waals surface area contributed by atoms with Gasteiger partial charge in [0.2, 0.25) is 0 Å². The van der Waals surface area contributed by atoms with Gasteiger partial charge < -0.3 is 0 Å². The second-order valence-electron chi connectivity index (χ2n) is 4.69. The molecule has 0 atom stereocenters. The van der Waals surface area contributed by atoms with E-state index in [1.54, 1.807) is 25.1 Å². The van der Waals surface area contributed by atoms with E-state index < -0.39 is 21.8 Å². The van der Waals surface area contributed by atoms with E-state index in [0.717, 1.165) is 0 Å². The topological polar surface area (TPSA) is 102 Å². The zero-order valence-corrected chi connectivity index (χ0v) is 13.7. The molecule has 2 aromatic rings. The van der Waals surface area contributed by atoms with E-state index in [-0.39, 0.29) is 16.0 Å². The fourth-order valence-electron chi connectivity index (χ4n) is 1.81. The van der Waals surface area contributed by atoms with Crippen LogP contribution >= 0.6 is 0 Å². The summed E-state index contributed by atoms with van der Waals surface area (Å²) in [6.07, 6.45) is 0. The molecule has 2 amide bonds. The van der Waals surface area contributed by atoms with Crippen molar-refractivity contribution in [2.45, 2.75) is 11.8 Å². The Kier molecular flexibility index (Phi) is 5.67. The number of hydrogen-bond donors (Lipinski definition) is 2. The largest absolute Gasteiger partial charge is 0.274 e. The quantitative estimate of drug-likeness (QED) is 0.770. The smallest absolute Gasteiger partial charge is 0.274 e. The van der Waals surface area contributed by atoms with Gasteiger partial charge in [0.1, 0.15) is 0 Å². The van der Waals surface area contributed by atoms with Gasteiger partial charge in [-0.15, -0.1) is 0 Å². The number of nitrogens with one attached hydrogen (secondary N) is 2. The van der Waals surface area contributed by atoms with Crippen LogP contribution in [0, 0.1) is 0 Å². The second kappa shape index (κ2) is 7.71. The molecule has 2 aromatic carbocycles. The fraction of sp³-hybridized carbons (Fsp3) is 0.125. The molecule has 0 aliphatic carbocycles. The average Bonchev–Trinajstić information content (AvgIpc) is 2.60. The van der Waals surface area contributed by atoms with Gasteiger partial charge in [-0.2, -0.15) is 0 Å². The molecule has 24 heavy (non-hydrogen) atoms. The molecule has 0 fully saturated rings. The number of sulfonamides is 1. The molecule has 0 saturated carbocycles. The van der Waals surface area contributed by atoms with Crippen molar-refractivity contribution in [1.29, 1.82) is 0 Å². The predicted molar refractivity (Wildman–Crippen MR) is 86.6 cm³/mol. The van der Waals surface area contributed by atoms with E-state index in [1.165, 1.54) is 36.4 Å². The molecule has 0 heterocycles. The van der Waals surface area contributed by atoms with E-state index >= 15 is 0 Å². The van der Waals surface area contributed by atoms with Crippen LogP contribution in [-0.4, -0.2) is 26.8 Å². The van der Waals surface area contributed by atoms with E-state index in [0.29, 0.717) is 6.61 Å². The zero-order valence-electron chi connectivity index (χ0n) is 12.9.